The summed E-state index contributed by atoms with van der Waals surface area (Å²) in [5.74, 6) is 0.831. The first-order valence-electron chi connectivity index (χ1n) is 6.83. The summed E-state index contributed by atoms with van der Waals surface area (Å²) < 4.78 is 7.75. The lowest BCUT2D eigenvalue weighted by atomic mass is 10.2. The van der Waals surface area contributed by atoms with Gasteiger partial charge in [-0.05, 0) is 53.0 Å². The van der Waals surface area contributed by atoms with Crippen molar-refractivity contribution in [1.29, 1.82) is 0 Å². The van der Waals surface area contributed by atoms with E-state index < -0.39 is 0 Å². The second kappa shape index (κ2) is 7.76. The predicted octanol–water partition coefficient (Wildman–Crippen LogP) is 6.06. The second-order valence-electron chi connectivity index (χ2n) is 4.70. The van der Waals surface area contributed by atoms with Crippen LogP contribution < -0.4 is 4.74 Å². The normalized spacial score (nSPS) is 11.0. The number of aliphatic imine (C=N–C) groups is 1. The van der Waals surface area contributed by atoms with Gasteiger partial charge in [-0.2, -0.15) is 0 Å². The molecule has 0 saturated carbocycles. The van der Waals surface area contributed by atoms with Gasteiger partial charge in [0.25, 0.3) is 0 Å². The van der Waals surface area contributed by atoms with Crippen LogP contribution in [0.1, 0.15) is 24.5 Å². The lowest BCUT2D eigenvalue weighted by Gasteiger charge is -2.11. The highest BCUT2D eigenvalue weighted by molar-refractivity contribution is 9.11. The van der Waals surface area contributed by atoms with E-state index in [1.807, 2.05) is 36.5 Å². The number of aryl methyl sites for hydroxylation is 1. The van der Waals surface area contributed by atoms with E-state index in [1.165, 1.54) is 0 Å². The summed E-state index contributed by atoms with van der Waals surface area (Å²) >= 11 is 7.06. The van der Waals surface area contributed by atoms with Crippen molar-refractivity contribution in [1.82, 2.24) is 0 Å². The molecule has 0 saturated heterocycles. The van der Waals surface area contributed by atoms with Gasteiger partial charge in [0, 0.05) is 16.3 Å². The van der Waals surface area contributed by atoms with E-state index in [0.29, 0.717) is 6.61 Å². The molecule has 110 valence electrons. The number of para-hydroxylation sites is 1. The van der Waals surface area contributed by atoms with E-state index in [0.717, 1.165) is 37.9 Å². The SMILES string of the molecule is CCCOc1c(Br)cc(Br)cc1C=Nc1ccccc1C. The van der Waals surface area contributed by atoms with Gasteiger partial charge in [-0.25, -0.2) is 0 Å². The Labute approximate surface area is 142 Å². The number of rotatable bonds is 5. The quantitative estimate of drug-likeness (QED) is 0.549. The van der Waals surface area contributed by atoms with Crippen molar-refractivity contribution in [3.8, 4) is 5.75 Å². The summed E-state index contributed by atoms with van der Waals surface area (Å²) in [5, 5.41) is 0. The third kappa shape index (κ3) is 4.42. The molecule has 0 aromatic heterocycles. The van der Waals surface area contributed by atoms with Crippen molar-refractivity contribution in [3.05, 3.63) is 56.5 Å². The van der Waals surface area contributed by atoms with Crippen molar-refractivity contribution in [2.45, 2.75) is 20.3 Å². The van der Waals surface area contributed by atoms with Crippen LogP contribution in [-0.4, -0.2) is 12.8 Å². The van der Waals surface area contributed by atoms with Crippen molar-refractivity contribution in [3.63, 3.8) is 0 Å². The van der Waals surface area contributed by atoms with Gasteiger partial charge < -0.3 is 4.74 Å². The minimum Gasteiger partial charge on any atom is -0.492 e. The first-order chi connectivity index (χ1) is 10.1. The molecule has 21 heavy (non-hydrogen) atoms. The van der Waals surface area contributed by atoms with Crippen LogP contribution in [0.2, 0.25) is 0 Å². The molecule has 2 rings (SSSR count). The maximum atomic E-state index is 5.83. The average molecular weight is 411 g/mol. The van der Waals surface area contributed by atoms with Gasteiger partial charge in [0.05, 0.1) is 16.8 Å². The highest BCUT2D eigenvalue weighted by Crippen LogP contribution is 2.32. The summed E-state index contributed by atoms with van der Waals surface area (Å²) in [5.41, 5.74) is 3.07. The van der Waals surface area contributed by atoms with E-state index in [-0.39, 0.29) is 0 Å². The number of ether oxygens (including phenoxy) is 1. The van der Waals surface area contributed by atoms with E-state index in [4.69, 9.17) is 4.74 Å². The summed E-state index contributed by atoms with van der Waals surface area (Å²) in [7, 11) is 0. The fourth-order valence-electron chi connectivity index (χ4n) is 1.88. The molecule has 2 nitrogen and oxygen atoms in total. The summed E-state index contributed by atoms with van der Waals surface area (Å²) in [4.78, 5) is 4.58. The summed E-state index contributed by atoms with van der Waals surface area (Å²) in [6, 6.07) is 12.1. The van der Waals surface area contributed by atoms with E-state index in [9.17, 15) is 0 Å². The molecule has 0 radical (unpaired) electrons. The zero-order chi connectivity index (χ0) is 15.2. The third-order valence-electron chi connectivity index (χ3n) is 2.95. The lowest BCUT2D eigenvalue weighted by Crippen LogP contribution is -1.99. The second-order valence-corrected chi connectivity index (χ2v) is 6.47. The summed E-state index contributed by atoms with van der Waals surface area (Å²) in [6.45, 7) is 4.83. The fraction of sp³-hybridized carbons (Fsp3) is 0.235. The highest BCUT2D eigenvalue weighted by atomic mass is 79.9. The van der Waals surface area contributed by atoms with Crippen LogP contribution >= 0.6 is 31.9 Å². The van der Waals surface area contributed by atoms with Crippen LogP contribution in [0.5, 0.6) is 5.75 Å². The van der Waals surface area contributed by atoms with Gasteiger partial charge in [0.1, 0.15) is 5.75 Å². The minimum absolute atomic E-state index is 0.686. The lowest BCUT2D eigenvalue weighted by molar-refractivity contribution is 0.315. The van der Waals surface area contributed by atoms with Gasteiger partial charge in [0.15, 0.2) is 0 Å². The number of benzene rings is 2. The van der Waals surface area contributed by atoms with Crippen molar-refractivity contribution >= 4 is 43.8 Å². The van der Waals surface area contributed by atoms with E-state index >= 15 is 0 Å². The maximum absolute atomic E-state index is 5.83. The van der Waals surface area contributed by atoms with Crippen molar-refractivity contribution < 1.29 is 4.74 Å². The van der Waals surface area contributed by atoms with Crippen LogP contribution in [0.3, 0.4) is 0 Å². The molecule has 4 heteroatoms. The van der Waals surface area contributed by atoms with Gasteiger partial charge in [0.2, 0.25) is 0 Å². The Balaban J connectivity index is 2.36. The molecule has 0 heterocycles. The van der Waals surface area contributed by atoms with Crippen LogP contribution in [-0.2, 0) is 0 Å². The van der Waals surface area contributed by atoms with Crippen LogP contribution in [0.15, 0.2) is 50.3 Å². The Morgan fingerprint density at radius 1 is 1.19 bits per heavy atom. The Morgan fingerprint density at radius 2 is 1.95 bits per heavy atom. The molecule has 0 aliphatic rings. The first-order valence-corrected chi connectivity index (χ1v) is 8.42. The van der Waals surface area contributed by atoms with Gasteiger partial charge in [-0.3, -0.25) is 4.99 Å². The Bertz CT molecular complexity index is 653. The predicted molar refractivity (Wildman–Crippen MR) is 96.1 cm³/mol. The largest absolute Gasteiger partial charge is 0.492 e. The molecule has 0 atom stereocenters. The molecule has 0 bridgehead atoms. The molecule has 0 unspecified atom stereocenters. The number of nitrogens with zero attached hydrogens (tertiary/aromatic N) is 1. The van der Waals surface area contributed by atoms with Gasteiger partial charge in [-0.1, -0.05) is 41.1 Å². The van der Waals surface area contributed by atoms with Gasteiger partial charge in [-0.15, -0.1) is 0 Å². The Hall–Kier alpha value is -1.13. The monoisotopic (exact) mass is 409 g/mol. The summed E-state index contributed by atoms with van der Waals surface area (Å²) in [6.07, 6.45) is 2.82. The molecule has 0 N–H and O–H groups in total. The molecule has 0 aliphatic heterocycles. The minimum atomic E-state index is 0.686. The van der Waals surface area contributed by atoms with Crippen molar-refractivity contribution in [2.24, 2.45) is 4.99 Å². The maximum Gasteiger partial charge on any atom is 0.142 e. The highest BCUT2D eigenvalue weighted by Gasteiger charge is 2.08. The van der Waals surface area contributed by atoms with E-state index in [1.54, 1.807) is 0 Å². The molecule has 0 amide bonds. The number of hydrogen-bond donors (Lipinski definition) is 0. The Kier molecular flexibility index (Phi) is 6.00. The molecular formula is C17H17Br2NO. The molecule has 2 aromatic rings. The average Bonchev–Trinajstić information content (AvgIpc) is 2.45. The van der Waals surface area contributed by atoms with E-state index in [2.05, 4.69) is 56.8 Å². The van der Waals surface area contributed by atoms with Crippen molar-refractivity contribution in [2.75, 3.05) is 6.61 Å². The van der Waals surface area contributed by atoms with Gasteiger partial charge >= 0.3 is 0 Å². The Morgan fingerprint density at radius 3 is 2.67 bits per heavy atom. The molecular weight excluding hydrogens is 394 g/mol. The standard InChI is InChI=1S/C17H17Br2NO/c1-3-8-21-17-13(9-14(18)10-15(17)19)11-20-16-7-5-4-6-12(16)2/h4-7,9-11H,3,8H2,1-2H3. The molecule has 2 aromatic carbocycles. The number of halogens is 2. The molecule has 0 spiro atoms. The van der Waals surface area contributed by atoms with Crippen LogP contribution in [0.4, 0.5) is 5.69 Å². The molecule has 0 fully saturated rings. The number of hydrogen-bond acceptors (Lipinski definition) is 2. The van der Waals surface area contributed by atoms with Crippen LogP contribution in [0.25, 0.3) is 0 Å². The topological polar surface area (TPSA) is 21.6 Å². The first kappa shape index (κ1) is 16.2. The van der Waals surface area contributed by atoms with Crippen LogP contribution in [0, 0.1) is 6.92 Å². The fourth-order valence-corrected chi connectivity index (χ4v) is 3.25. The zero-order valence-corrected chi connectivity index (χ0v) is 15.2. The third-order valence-corrected chi connectivity index (χ3v) is 3.99. The zero-order valence-electron chi connectivity index (χ0n) is 12.1. The molecule has 0 aliphatic carbocycles. The smallest absolute Gasteiger partial charge is 0.142 e.